The topological polar surface area (TPSA) is 38.1 Å². The SMILES string of the molecule is CCN1C(=O)/C(=C\c2c(C)nn(Cc3ccccc3)c2Cl)SC1=S. The number of rotatable bonds is 4. The maximum Gasteiger partial charge on any atom is 0.266 e. The Morgan fingerprint density at radius 3 is 2.67 bits per heavy atom. The summed E-state index contributed by atoms with van der Waals surface area (Å²) in [4.78, 5) is 14.5. The molecule has 24 heavy (non-hydrogen) atoms. The molecule has 0 N–H and O–H groups in total. The van der Waals surface area contributed by atoms with E-state index in [9.17, 15) is 4.79 Å². The molecular weight excluding hydrogens is 362 g/mol. The monoisotopic (exact) mass is 377 g/mol. The van der Waals surface area contributed by atoms with Gasteiger partial charge in [-0.25, -0.2) is 4.68 Å². The summed E-state index contributed by atoms with van der Waals surface area (Å²) in [5.74, 6) is -0.0706. The number of carbonyl (C=O) groups is 1. The molecule has 0 radical (unpaired) electrons. The van der Waals surface area contributed by atoms with Crippen LogP contribution in [0.5, 0.6) is 0 Å². The number of thiocarbonyl (C=S) groups is 1. The van der Waals surface area contributed by atoms with Gasteiger partial charge in [0.1, 0.15) is 9.47 Å². The third-order valence-corrected chi connectivity index (χ3v) is 5.53. The van der Waals surface area contributed by atoms with Crippen molar-refractivity contribution in [2.45, 2.75) is 20.4 Å². The fraction of sp³-hybridized carbons (Fsp3) is 0.235. The number of hydrogen-bond donors (Lipinski definition) is 0. The molecule has 1 aliphatic rings. The van der Waals surface area contributed by atoms with Gasteiger partial charge in [0.05, 0.1) is 17.1 Å². The molecule has 124 valence electrons. The molecule has 2 aromatic rings. The lowest BCUT2D eigenvalue weighted by Crippen LogP contribution is -2.27. The Bertz CT molecular complexity index is 830. The van der Waals surface area contributed by atoms with Crippen molar-refractivity contribution in [3.05, 3.63) is 57.2 Å². The Balaban J connectivity index is 1.91. The van der Waals surface area contributed by atoms with Gasteiger partial charge in [0.25, 0.3) is 5.91 Å². The maximum atomic E-state index is 12.4. The summed E-state index contributed by atoms with van der Waals surface area (Å²) in [5, 5.41) is 5.03. The van der Waals surface area contributed by atoms with Gasteiger partial charge in [-0.1, -0.05) is 65.9 Å². The Morgan fingerprint density at radius 2 is 2.04 bits per heavy atom. The lowest BCUT2D eigenvalue weighted by Gasteiger charge is -2.09. The molecule has 0 saturated carbocycles. The van der Waals surface area contributed by atoms with Crippen LogP contribution in [0, 0.1) is 6.92 Å². The van der Waals surface area contributed by atoms with E-state index >= 15 is 0 Å². The number of benzene rings is 1. The van der Waals surface area contributed by atoms with Crippen molar-refractivity contribution in [2.75, 3.05) is 6.54 Å². The lowest BCUT2D eigenvalue weighted by atomic mass is 10.2. The van der Waals surface area contributed by atoms with Crippen LogP contribution in [0.25, 0.3) is 6.08 Å². The molecule has 3 rings (SSSR count). The van der Waals surface area contributed by atoms with E-state index in [0.717, 1.165) is 16.8 Å². The van der Waals surface area contributed by atoms with Gasteiger partial charge in [-0.15, -0.1) is 0 Å². The van der Waals surface area contributed by atoms with Gasteiger partial charge >= 0.3 is 0 Å². The van der Waals surface area contributed by atoms with Crippen LogP contribution in [-0.4, -0.2) is 31.5 Å². The van der Waals surface area contributed by atoms with E-state index in [2.05, 4.69) is 5.10 Å². The minimum absolute atomic E-state index is 0.0706. The van der Waals surface area contributed by atoms with Crippen LogP contribution in [0.3, 0.4) is 0 Å². The molecule has 1 amide bonds. The first-order valence-corrected chi connectivity index (χ1v) is 9.13. The van der Waals surface area contributed by atoms with Crippen LogP contribution >= 0.6 is 35.6 Å². The molecule has 7 heteroatoms. The van der Waals surface area contributed by atoms with Crippen molar-refractivity contribution in [1.29, 1.82) is 0 Å². The van der Waals surface area contributed by atoms with Crippen molar-refractivity contribution >= 4 is 51.9 Å². The van der Waals surface area contributed by atoms with Crippen LogP contribution in [-0.2, 0) is 11.3 Å². The highest BCUT2D eigenvalue weighted by atomic mass is 35.5. The summed E-state index contributed by atoms with van der Waals surface area (Å²) in [7, 11) is 0. The minimum Gasteiger partial charge on any atom is -0.293 e. The number of thioether (sulfide) groups is 1. The highest BCUT2D eigenvalue weighted by Crippen LogP contribution is 2.34. The molecule has 1 aromatic carbocycles. The quantitative estimate of drug-likeness (QED) is 0.593. The van der Waals surface area contributed by atoms with Gasteiger partial charge in [0, 0.05) is 12.1 Å². The van der Waals surface area contributed by atoms with Gasteiger partial charge < -0.3 is 0 Å². The van der Waals surface area contributed by atoms with Gasteiger partial charge in [-0.2, -0.15) is 5.10 Å². The molecule has 1 aliphatic heterocycles. The molecule has 1 aromatic heterocycles. The van der Waals surface area contributed by atoms with Crippen molar-refractivity contribution < 1.29 is 4.79 Å². The average Bonchev–Trinajstić information content (AvgIpc) is 2.99. The van der Waals surface area contributed by atoms with Crippen LogP contribution in [0.1, 0.15) is 23.7 Å². The maximum absolute atomic E-state index is 12.4. The second-order valence-corrected chi connectivity index (χ2v) is 7.39. The van der Waals surface area contributed by atoms with E-state index in [1.807, 2.05) is 44.2 Å². The summed E-state index contributed by atoms with van der Waals surface area (Å²) < 4.78 is 2.33. The van der Waals surface area contributed by atoms with Crippen LogP contribution < -0.4 is 0 Å². The van der Waals surface area contributed by atoms with E-state index in [4.69, 9.17) is 23.8 Å². The minimum atomic E-state index is -0.0706. The summed E-state index contributed by atoms with van der Waals surface area (Å²) >= 11 is 13.0. The summed E-state index contributed by atoms with van der Waals surface area (Å²) in [6, 6.07) is 9.99. The number of hydrogen-bond acceptors (Lipinski definition) is 4. The van der Waals surface area contributed by atoms with Gasteiger partial charge in [0.2, 0.25) is 0 Å². The zero-order valence-electron chi connectivity index (χ0n) is 13.3. The van der Waals surface area contributed by atoms with E-state index in [-0.39, 0.29) is 5.91 Å². The fourth-order valence-corrected chi connectivity index (χ4v) is 4.15. The third kappa shape index (κ3) is 3.27. The number of aryl methyl sites for hydroxylation is 1. The molecule has 0 spiro atoms. The molecule has 0 unspecified atom stereocenters. The number of halogens is 1. The van der Waals surface area contributed by atoms with E-state index in [0.29, 0.717) is 27.5 Å². The average molecular weight is 378 g/mol. The second kappa shape index (κ2) is 7.09. The van der Waals surface area contributed by atoms with Crippen molar-refractivity contribution in [2.24, 2.45) is 0 Å². The van der Waals surface area contributed by atoms with Gasteiger partial charge in [0.15, 0.2) is 0 Å². The Morgan fingerprint density at radius 1 is 1.33 bits per heavy atom. The first-order chi connectivity index (χ1) is 11.5. The van der Waals surface area contributed by atoms with Crippen LogP contribution in [0.4, 0.5) is 0 Å². The predicted molar refractivity (Wildman–Crippen MR) is 103 cm³/mol. The normalized spacial score (nSPS) is 16.5. The fourth-order valence-electron chi connectivity index (χ4n) is 2.50. The van der Waals surface area contributed by atoms with Gasteiger partial charge in [-0.3, -0.25) is 9.69 Å². The Kier molecular flexibility index (Phi) is 5.08. The number of amides is 1. The summed E-state index contributed by atoms with van der Waals surface area (Å²) in [5.41, 5.74) is 2.67. The van der Waals surface area contributed by atoms with Crippen molar-refractivity contribution in [1.82, 2.24) is 14.7 Å². The standard InChI is InChI=1S/C17H16ClN3OS2/c1-3-20-16(22)14(24-17(20)23)9-13-11(2)19-21(15(13)18)10-12-7-5-4-6-8-12/h4-9H,3,10H2,1-2H3/b14-9+. The zero-order valence-corrected chi connectivity index (χ0v) is 15.7. The third-order valence-electron chi connectivity index (χ3n) is 3.75. The van der Waals surface area contributed by atoms with Crippen molar-refractivity contribution in [3.63, 3.8) is 0 Å². The molecule has 0 atom stereocenters. The number of likely N-dealkylation sites (N-methyl/N-ethyl adjacent to an activating group) is 1. The first kappa shape index (κ1) is 17.2. The molecule has 0 bridgehead atoms. The van der Waals surface area contributed by atoms with E-state index < -0.39 is 0 Å². The Hall–Kier alpha value is -1.63. The van der Waals surface area contributed by atoms with Crippen molar-refractivity contribution in [3.8, 4) is 0 Å². The number of carbonyl (C=O) groups excluding carboxylic acids is 1. The molecule has 1 saturated heterocycles. The molecule has 1 fully saturated rings. The largest absolute Gasteiger partial charge is 0.293 e. The highest BCUT2D eigenvalue weighted by molar-refractivity contribution is 8.26. The van der Waals surface area contributed by atoms with Crippen LogP contribution in [0.2, 0.25) is 5.15 Å². The smallest absolute Gasteiger partial charge is 0.266 e. The van der Waals surface area contributed by atoms with E-state index in [1.165, 1.54) is 11.8 Å². The molecule has 0 aliphatic carbocycles. The summed E-state index contributed by atoms with van der Waals surface area (Å²) in [6.45, 7) is 4.95. The molecule has 2 heterocycles. The zero-order chi connectivity index (χ0) is 17.3. The lowest BCUT2D eigenvalue weighted by molar-refractivity contribution is -0.121. The number of nitrogens with zero attached hydrogens (tertiary/aromatic N) is 3. The predicted octanol–water partition coefficient (Wildman–Crippen LogP) is 4.11. The van der Waals surface area contributed by atoms with Crippen LogP contribution in [0.15, 0.2) is 35.2 Å². The summed E-state index contributed by atoms with van der Waals surface area (Å²) in [6.07, 6.45) is 1.79. The molecular formula is C17H16ClN3OS2. The van der Waals surface area contributed by atoms with Gasteiger partial charge in [-0.05, 0) is 25.5 Å². The second-order valence-electron chi connectivity index (χ2n) is 5.36. The first-order valence-electron chi connectivity index (χ1n) is 7.53. The Labute approximate surface area is 155 Å². The molecule has 4 nitrogen and oxygen atoms in total. The number of aromatic nitrogens is 2. The highest BCUT2D eigenvalue weighted by Gasteiger charge is 2.31. The van der Waals surface area contributed by atoms with E-state index in [1.54, 1.807) is 15.7 Å².